The first kappa shape index (κ1) is 23.4. The highest BCUT2D eigenvalue weighted by atomic mass is 35.5. The number of aromatic nitrogens is 2. The average Bonchev–Trinajstić information content (AvgIpc) is 2.82. The zero-order chi connectivity index (χ0) is 17.0. The molecule has 0 radical (unpaired) electrons. The molecular formula is C18H28Cl2N4O. The van der Waals surface area contributed by atoms with E-state index in [2.05, 4.69) is 36.4 Å². The molecule has 0 aliphatic heterocycles. The van der Waals surface area contributed by atoms with E-state index >= 15 is 0 Å². The zero-order valence-corrected chi connectivity index (χ0v) is 16.8. The number of nitrogens with zero attached hydrogens (tertiary/aromatic N) is 2. The van der Waals surface area contributed by atoms with Crippen LogP contribution >= 0.6 is 24.8 Å². The average molecular weight is 387 g/mol. The van der Waals surface area contributed by atoms with Crippen molar-refractivity contribution >= 4 is 30.7 Å². The Labute approximate surface area is 162 Å². The van der Waals surface area contributed by atoms with Crippen molar-refractivity contribution in [1.29, 1.82) is 0 Å². The van der Waals surface area contributed by atoms with Gasteiger partial charge in [-0.3, -0.25) is 9.48 Å². The third-order valence-electron chi connectivity index (χ3n) is 3.95. The van der Waals surface area contributed by atoms with Gasteiger partial charge in [0.2, 0.25) is 5.91 Å². The van der Waals surface area contributed by atoms with Crippen molar-refractivity contribution in [2.24, 2.45) is 5.73 Å². The van der Waals surface area contributed by atoms with Gasteiger partial charge in [-0.25, -0.2) is 0 Å². The van der Waals surface area contributed by atoms with Gasteiger partial charge in [-0.2, -0.15) is 5.10 Å². The smallest absolute Gasteiger partial charge is 0.241 e. The highest BCUT2D eigenvalue weighted by Crippen LogP contribution is 2.17. The molecule has 0 saturated heterocycles. The molecule has 7 heteroatoms. The second kappa shape index (κ2) is 10.4. The molecular weight excluding hydrogens is 359 g/mol. The summed E-state index contributed by atoms with van der Waals surface area (Å²) in [6.45, 7) is 8.81. The first-order valence-corrected chi connectivity index (χ1v) is 8.00. The summed E-state index contributed by atoms with van der Waals surface area (Å²) >= 11 is 0. The predicted octanol–water partition coefficient (Wildman–Crippen LogP) is 3.28. The Morgan fingerprint density at radius 3 is 2.20 bits per heavy atom. The third kappa shape index (κ3) is 6.69. The molecule has 140 valence electrons. The van der Waals surface area contributed by atoms with E-state index in [4.69, 9.17) is 5.73 Å². The first-order valence-electron chi connectivity index (χ1n) is 8.00. The Morgan fingerprint density at radius 2 is 1.72 bits per heavy atom. The molecule has 1 unspecified atom stereocenters. The van der Waals surface area contributed by atoms with Crippen LogP contribution in [0.1, 0.15) is 48.3 Å². The summed E-state index contributed by atoms with van der Waals surface area (Å²) in [7, 11) is 0. The van der Waals surface area contributed by atoms with E-state index in [9.17, 15) is 4.79 Å². The number of halogens is 2. The molecule has 0 bridgehead atoms. The maximum atomic E-state index is 12.0. The molecule has 1 aromatic heterocycles. The van der Waals surface area contributed by atoms with E-state index in [1.54, 1.807) is 4.68 Å². The second-order valence-corrected chi connectivity index (χ2v) is 6.32. The van der Waals surface area contributed by atoms with Crippen LogP contribution in [0, 0.1) is 13.8 Å². The number of hydrogen-bond donors (Lipinski definition) is 2. The maximum absolute atomic E-state index is 12.0. The van der Waals surface area contributed by atoms with Crippen LogP contribution in [0.4, 0.5) is 0 Å². The summed E-state index contributed by atoms with van der Waals surface area (Å²) in [5.74, 6) is 0.422. The van der Waals surface area contributed by atoms with E-state index in [1.165, 1.54) is 5.56 Å². The van der Waals surface area contributed by atoms with Crippen LogP contribution in [0.2, 0.25) is 0 Å². The third-order valence-corrected chi connectivity index (χ3v) is 3.95. The van der Waals surface area contributed by atoms with E-state index in [0.29, 0.717) is 12.5 Å². The highest BCUT2D eigenvalue weighted by Gasteiger charge is 2.11. The summed E-state index contributed by atoms with van der Waals surface area (Å²) in [5, 5.41) is 7.16. The number of amides is 1. The van der Waals surface area contributed by atoms with E-state index in [1.807, 2.05) is 32.0 Å². The van der Waals surface area contributed by atoms with Crippen molar-refractivity contribution in [3.8, 4) is 0 Å². The van der Waals surface area contributed by atoms with E-state index < -0.39 is 0 Å². The normalized spacial score (nSPS) is 11.4. The van der Waals surface area contributed by atoms with Crippen molar-refractivity contribution < 1.29 is 4.79 Å². The topological polar surface area (TPSA) is 72.9 Å². The predicted molar refractivity (Wildman–Crippen MR) is 107 cm³/mol. The lowest BCUT2D eigenvalue weighted by molar-refractivity contribution is -0.121. The standard InChI is InChI=1S/C18H26N4O.2ClH/c1-12(2)15-5-7-16(8-6-15)17(19)10-20-18(23)11-22-14(4)9-13(3)21-22;;/h5-9,12,17H,10-11,19H2,1-4H3,(H,20,23);2*1H. The summed E-state index contributed by atoms with van der Waals surface area (Å²) < 4.78 is 1.70. The number of carbonyl (C=O) groups excluding carboxylic acids is 1. The summed E-state index contributed by atoms with van der Waals surface area (Å²) in [4.78, 5) is 12.0. The molecule has 1 heterocycles. The molecule has 1 atom stereocenters. The summed E-state index contributed by atoms with van der Waals surface area (Å²) in [6, 6.07) is 10.0. The van der Waals surface area contributed by atoms with Crippen LogP contribution < -0.4 is 11.1 Å². The van der Waals surface area contributed by atoms with Gasteiger partial charge in [0.1, 0.15) is 6.54 Å². The van der Waals surface area contributed by atoms with Gasteiger partial charge in [0, 0.05) is 18.3 Å². The van der Waals surface area contributed by atoms with Gasteiger partial charge in [-0.15, -0.1) is 24.8 Å². The van der Waals surface area contributed by atoms with Crippen LogP contribution in [0.3, 0.4) is 0 Å². The maximum Gasteiger partial charge on any atom is 0.241 e. The van der Waals surface area contributed by atoms with Crippen LogP contribution in [0.5, 0.6) is 0 Å². The fourth-order valence-corrected chi connectivity index (χ4v) is 2.50. The molecule has 3 N–H and O–H groups in total. The van der Waals surface area contributed by atoms with Crippen LogP contribution in [0.15, 0.2) is 30.3 Å². The van der Waals surface area contributed by atoms with E-state index in [-0.39, 0.29) is 43.3 Å². The Bertz CT molecular complexity index is 668. The minimum Gasteiger partial charge on any atom is -0.353 e. The minimum atomic E-state index is -0.208. The lowest BCUT2D eigenvalue weighted by Gasteiger charge is -2.15. The molecule has 0 aliphatic carbocycles. The van der Waals surface area contributed by atoms with Crippen LogP contribution in [0.25, 0.3) is 0 Å². The van der Waals surface area contributed by atoms with Gasteiger partial charge in [0.25, 0.3) is 0 Å². The molecule has 2 rings (SSSR count). The van der Waals surface area contributed by atoms with Crippen molar-refractivity contribution in [3.05, 3.63) is 52.8 Å². The number of nitrogens with two attached hydrogens (primary N) is 1. The largest absolute Gasteiger partial charge is 0.353 e. The number of rotatable bonds is 6. The number of carbonyl (C=O) groups is 1. The Morgan fingerprint density at radius 1 is 1.16 bits per heavy atom. The van der Waals surface area contributed by atoms with Gasteiger partial charge < -0.3 is 11.1 Å². The van der Waals surface area contributed by atoms with Gasteiger partial charge >= 0.3 is 0 Å². The van der Waals surface area contributed by atoms with Gasteiger partial charge in [-0.1, -0.05) is 38.1 Å². The molecule has 1 aromatic carbocycles. The zero-order valence-electron chi connectivity index (χ0n) is 15.2. The van der Waals surface area contributed by atoms with Crippen molar-refractivity contribution in [2.75, 3.05) is 6.54 Å². The number of aryl methyl sites for hydroxylation is 2. The fourth-order valence-electron chi connectivity index (χ4n) is 2.50. The van der Waals surface area contributed by atoms with E-state index in [0.717, 1.165) is 17.0 Å². The van der Waals surface area contributed by atoms with Crippen LogP contribution in [-0.2, 0) is 11.3 Å². The van der Waals surface area contributed by atoms with Gasteiger partial charge in [0.05, 0.1) is 5.69 Å². The number of hydrogen-bond acceptors (Lipinski definition) is 3. The fraction of sp³-hybridized carbons (Fsp3) is 0.444. The molecule has 0 aliphatic rings. The molecule has 0 fully saturated rings. The molecule has 1 amide bonds. The molecule has 0 spiro atoms. The Balaban J connectivity index is 0.00000288. The summed E-state index contributed by atoms with van der Waals surface area (Å²) in [6.07, 6.45) is 0. The van der Waals surface area contributed by atoms with Gasteiger partial charge in [0.15, 0.2) is 0 Å². The molecule has 2 aromatic rings. The Hall–Kier alpha value is -1.56. The lowest BCUT2D eigenvalue weighted by atomic mass is 9.99. The van der Waals surface area contributed by atoms with Crippen molar-refractivity contribution in [1.82, 2.24) is 15.1 Å². The SMILES string of the molecule is Cc1cc(C)n(CC(=O)NCC(N)c2ccc(C(C)C)cc2)n1.Cl.Cl. The number of nitrogens with one attached hydrogen (secondary N) is 1. The number of benzene rings is 1. The highest BCUT2D eigenvalue weighted by molar-refractivity contribution is 5.85. The second-order valence-electron chi connectivity index (χ2n) is 6.32. The monoisotopic (exact) mass is 386 g/mol. The lowest BCUT2D eigenvalue weighted by Crippen LogP contribution is -2.34. The summed E-state index contributed by atoms with van der Waals surface area (Å²) in [5.41, 5.74) is 10.4. The first-order chi connectivity index (χ1) is 10.9. The molecule has 25 heavy (non-hydrogen) atoms. The Kier molecular flexibility index (Phi) is 9.78. The van der Waals surface area contributed by atoms with Crippen molar-refractivity contribution in [2.45, 2.75) is 46.2 Å². The minimum absolute atomic E-state index is 0. The van der Waals surface area contributed by atoms with Gasteiger partial charge in [-0.05, 0) is 37.0 Å². The van der Waals surface area contributed by atoms with Crippen molar-refractivity contribution in [3.63, 3.8) is 0 Å². The quantitative estimate of drug-likeness (QED) is 0.799. The molecule has 0 saturated carbocycles. The molecule has 5 nitrogen and oxygen atoms in total. The van der Waals surface area contributed by atoms with Crippen LogP contribution in [-0.4, -0.2) is 22.2 Å².